The molecule has 0 unspecified atom stereocenters. The van der Waals surface area contributed by atoms with E-state index in [1.165, 1.54) is 13.8 Å². The van der Waals surface area contributed by atoms with Crippen LogP contribution in [-0.2, 0) is 38.0 Å². The average Bonchev–Trinajstić information content (AvgIpc) is 3.51. The molecule has 8 rings (SSSR count). The summed E-state index contributed by atoms with van der Waals surface area (Å²) >= 11 is 0. The Morgan fingerprint density at radius 1 is 0.863 bits per heavy atom. The van der Waals surface area contributed by atoms with Gasteiger partial charge in [0.1, 0.15) is 30.5 Å². The molecule has 0 amide bonds. The molecule has 0 aromatic heterocycles. The molecule has 288 valence electrons. The van der Waals surface area contributed by atoms with Crippen molar-refractivity contribution < 1.29 is 58.4 Å². The zero-order valence-corrected chi connectivity index (χ0v) is 31.7. The van der Waals surface area contributed by atoms with E-state index < -0.39 is 71.1 Å². The summed E-state index contributed by atoms with van der Waals surface area (Å²) in [6, 6.07) is 0. The van der Waals surface area contributed by atoms with Gasteiger partial charge in [0, 0.05) is 30.6 Å². The van der Waals surface area contributed by atoms with Crippen LogP contribution in [0.2, 0.25) is 0 Å². The highest BCUT2D eigenvalue weighted by Crippen LogP contribution is 2.90. The second-order valence-electron chi connectivity index (χ2n) is 19.5. The number of carbonyl (C=O) groups excluding carboxylic acids is 2. The highest BCUT2D eigenvalue weighted by atomic mass is 16.8. The maximum absolute atomic E-state index is 13.0. The first-order valence-corrected chi connectivity index (χ1v) is 19.4. The number of hydrogen-bond donors (Lipinski definition) is 4. The Hall–Kier alpha value is -1.38. The van der Waals surface area contributed by atoms with Crippen LogP contribution in [0.3, 0.4) is 0 Å². The maximum atomic E-state index is 13.0. The van der Waals surface area contributed by atoms with Crippen LogP contribution in [0.4, 0.5) is 0 Å². The fraction of sp³-hybridized carbons (Fsp3) is 0.949. The van der Waals surface area contributed by atoms with Crippen LogP contribution in [0, 0.1) is 50.7 Å². The van der Waals surface area contributed by atoms with Gasteiger partial charge in [0.2, 0.25) is 0 Å². The van der Waals surface area contributed by atoms with Gasteiger partial charge in [0.15, 0.2) is 18.2 Å². The van der Waals surface area contributed by atoms with Crippen molar-refractivity contribution in [2.45, 2.75) is 174 Å². The van der Waals surface area contributed by atoms with Gasteiger partial charge >= 0.3 is 11.9 Å². The SMILES string of the molecule is CC(=O)O[C@@H]1[C@@H](O)[C@H](O[C@H]2CC[C@]34C[C@]35C[C@@H](OC(C)=O)[C@]3(C)[C@H]6[C@H](C)C[C@H]7O[C@@]6(O[C@@H]7C(C)(C)O)[C@H](O)[C@@]3(C)[C@@H]5CC[C@H]4C2(C)C)OC[C@H]1O. The van der Waals surface area contributed by atoms with Crippen LogP contribution < -0.4 is 0 Å². The summed E-state index contributed by atoms with van der Waals surface area (Å²) in [5.41, 5.74) is -3.11. The van der Waals surface area contributed by atoms with Crippen LogP contribution in [0.5, 0.6) is 0 Å². The summed E-state index contributed by atoms with van der Waals surface area (Å²) in [6.45, 7) is 17.2. The molecule has 51 heavy (non-hydrogen) atoms. The highest BCUT2D eigenvalue weighted by Gasteiger charge is 2.90. The predicted molar refractivity (Wildman–Crippen MR) is 179 cm³/mol. The number of esters is 2. The molecule has 8 aliphatic rings. The fourth-order valence-corrected chi connectivity index (χ4v) is 14.6. The normalized spacial score (nSPS) is 56.5. The molecule has 3 saturated heterocycles. The Morgan fingerprint density at radius 2 is 1.53 bits per heavy atom. The molecule has 0 radical (unpaired) electrons. The summed E-state index contributed by atoms with van der Waals surface area (Å²) in [5.74, 6) is -2.03. The lowest BCUT2D eigenvalue weighted by Gasteiger charge is -2.65. The highest BCUT2D eigenvalue weighted by molar-refractivity contribution is 5.66. The zero-order valence-electron chi connectivity index (χ0n) is 31.7. The number of fused-ring (bicyclic) bond motifs is 4. The standard InChI is InChI=1S/C39H60O12/c1-18-14-22-30(34(6,7)45)51-39(50-22)29(18)36(9)26(47-19(2)40)15-38-17-37(38)13-12-25(49-31-27(43)28(48-20(3)41)21(42)16-46-31)33(4,5)23(37)10-11-24(38)35(36,8)32(39)44/h18,21-32,42-45H,10-17H2,1-9H3/t18-,21-,22-,23+,24+,25+,26-,27-,28+,29-,30+,31+,32-,35-,36-,37-,38+,39+/m1/s1. The van der Waals surface area contributed by atoms with Gasteiger partial charge in [-0.2, -0.15) is 0 Å². The van der Waals surface area contributed by atoms with E-state index in [0.717, 1.165) is 25.7 Å². The van der Waals surface area contributed by atoms with E-state index in [1.54, 1.807) is 13.8 Å². The lowest BCUT2D eigenvalue weighted by Crippen LogP contribution is -2.65. The molecule has 2 bridgehead atoms. The van der Waals surface area contributed by atoms with Gasteiger partial charge in [-0.3, -0.25) is 9.59 Å². The molecule has 12 nitrogen and oxygen atoms in total. The Morgan fingerprint density at radius 3 is 2.18 bits per heavy atom. The van der Waals surface area contributed by atoms with Crippen molar-refractivity contribution >= 4 is 11.9 Å². The van der Waals surface area contributed by atoms with E-state index in [4.69, 9.17) is 28.4 Å². The lowest BCUT2D eigenvalue weighted by atomic mass is 9.40. The third kappa shape index (κ3) is 4.48. The minimum atomic E-state index is -1.34. The topological polar surface area (TPSA) is 170 Å². The van der Waals surface area contributed by atoms with Crippen LogP contribution >= 0.6 is 0 Å². The first-order valence-electron chi connectivity index (χ1n) is 19.4. The van der Waals surface area contributed by atoms with Crippen LogP contribution in [0.25, 0.3) is 0 Å². The van der Waals surface area contributed by atoms with Crippen LogP contribution in [0.15, 0.2) is 0 Å². The Kier molecular flexibility index (Phi) is 7.97. The smallest absolute Gasteiger partial charge is 0.303 e. The van der Waals surface area contributed by atoms with Crippen molar-refractivity contribution in [3.63, 3.8) is 0 Å². The molecule has 3 heterocycles. The number of hydrogen-bond acceptors (Lipinski definition) is 12. The van der Waals surface area contributed by atoms with Crippen LogP contribution in [0.1, 0.15) is 107 Å². The maximum Gasteiger partial charge on any atom is 0.303 e. The average molecular weight is 721 g/mol. The second-order valence-corrected chi connectivity index (χ2v) is 19.5. The first-order chi connectivity index (χ1) is 23.6. The molecular formula is C39H60O12. The fourth-order valence-electron chi connectivity index (χ4n) is 14.6. The minimum Gasteiger partial charge on any atom is -0.462 e. The summed E-state index contributed by atoms with van der Waals surface area (Å²) in [4.78, 5) is 24.7. The number of aliphatic hydroxyl groups is 4. The number of ether oxygens (including phenoxy) is 6. The third-order valence-electron chi connectivity index (χ3n) is 16.5. The largest absolute Gasteiger partial charge is 0.462 e. The van der Waals surface area contributed by atoms with Gasteiger partial charge < -0.3 is 48.8 Å². The monoisotopic (exact) mass is 720 g/mol. The summed E-state index contributed by atoms with van der Waals surface area (Å²) in [7, 11) is 0. The third-order valence-corrected chi connectivity index (χ3v) is 16.5. The van der Waals surface area contributed by atoms with Crippen molar-refractivity contribution in [2.75, 3.05) is 6.61 Å². The molecule has 3 aliphatic heterocycles. The Labute approximate surface area is 301 Å². The molecule has 8 fully saturated rings. The molecule has 0 aromatic carbocycles. The Balaban J connectivity index is 1.13. The van der Waals surface area contributed by atoms with Crippen molar-refractivity contribution in [2.24, 2.45) is 50.7 Å². The molecule has 0 aromatic rings. The molecule has 5 aliphatic carbocycles. The van der Waals surface area contributed by atoms with E-state index in [2.05, 4.69) is 34.6 Å². The molecule has 4 N–H and O–H groups in total. The van der Waals surface area contributed by atoms with Crippen LogP contribution in [-0.4, -0.2) is 105 Å². The van der Waals surface area contributed by atoms with Gasteiger partial charge in [0.25, 0.3) is 0 Å². The number of carbonyl (C=O) groups is 2. The van der Waals surface area contributed by atoms with Gasteiger partial charge in [-0.15, -0.1) is 0 Å². The van der Waals surface area contributed by atoms with Crippen molar-refractivity contribution in [3.05, 3.63) is 0 Å². The van der Waals surface area contributed by atoms with E-state index >= 15 is 0 Å². The second kappa shape index (κ2) is 11.1. The van der Waals surface area contributed by atoms with Gasteiger partial charge in [0.05, 0.1) is 24.4 Å². The molecule has 5 saturated carbocycles. The van der Waals surface area contributed by atoms with E-state index in [1.807, 2.05) is 0 Å². The van der Waals surface area contributed by atoms with E-state index in [9.17, 15) is 30.0 Å². The summed E-state index contributed by atoms with van der Waals surface area (Å²) in [6.07, 6.45) is -1.61. The molecule has 12 heteroatoms. The number of aliphatic hydroxyl groups excluding tert-OH is 3. The number of rotatable bonds is 5. The minimum absolute atomic E-state index is 0.0587. The molecule has 18 atom stereocenters. The van der Waals surface area contributed by atoms with Crippen molar-refractivity contribution in [3.8, 4) is 0 Å². The quantitative estimate of drug-likeness (QED) is 0.242. The first kappa shape index (κ1) is 36.6. The lowest BCUT2D eigenvalue weighted by molar-refractivity contribution is -0.305. The van der Waals surface area contributed by atoms with E-state index in [-0.39, 0.29) is 64.7 Å². The van der Waals surface area contributed by atoms with Gasteiger partial charge in [-0.25, -0.2) is 0 Å². The van der Waals surface area contributed by atoms with Crippen molar-refractivity contribution in [1.29, 1.82) is 0 Å². The zero-order chi connectivity index (χ0) is 37.1. The van der Waals surface area contributed by atoms with Crippen molar-refractivity contribution in [1.82, 2.24) is 0 Å². The Bertz CT molecular complexity index is 1460. The predicted octanol–water partition coefficient (Wildman–Crippen LogP) is 3.23. The molecule has 3 spiro atoms. The van der Waals surface area contributed by atoms with Gasteiger partial charge in [-0.05, 0) is 92.8 Å². The van der Waals surface area contributed by atoms with Gasteiger partial charge in [-0.1, -0.05) is 34.6 Å². The summed E-state index contributed by atoms with van der Waals surface area (Å²) < 4.78 is 37.7. The summed E-state index contributed by atoms with van der Waals surface area (Å²) in [5, 5.41) is 45.6. The van der Waals surface area contributed by atoms with E-state index in [0.29, 0.717) is 19.3 Å². The molecular weight excluding hydrogens is 660 g/mol.